The monoisotopic (exact) mass is 518 g/mol. The topological polar surface area (TPSA) is 28.7 Å². The Balaban J connectivity index is 1.52. The molecule has 0 amide bonds. The van der Waals surface area contributed by atoms with Crippen LogP contribution in [0.15, 0.2) is 140 Å². The molecule has 2 nitrogen and oxygen atoms in total. The lowest BCUT2D eigenvalue weighted by molar-refractivity contribution is 0.750. The molecule has 0 saturated heterocycles. The Labute approximate surface area is 238 Å². The summed E-state index contributed by atoms with van der Waals surface area (Å²) in [6.45, 7) is 0.105. The van der Waals surface area contributed by atoms with E-state index in [1.807, 2.05) is 6.07 Å². The first-order valence-corrected chi connectivity index (χ1v) is 14.1. The van der Waals surface area contributed by atoms with Crippen LogP contribution in [0.25, 0.3) is 27.5 Å². The van der Waals surface area contributed by atoms with Gasteiger partial charge < -0.3 is 4.57 Å². The summed E-state index contributed by atoms with van der Waals surface area (Å²) >= 11 is 0. The van der Waals surface area contributed by atoms with Crippen LogP contribution in [0.3, 0.4) is 0 Å². The molecule has 41 heavy (non-hydrogen) atoms. The van der Waals surface area contributed by atoms with Crippen LogP contribution in [-0.4, -0.2) is 11.3 Å². The second-order valence-electron chi connectivity index (χ2n) is 11.2. The number of para-hydroxylation sites is 1. The maximum atomic E-state index is 9.80. The molecule has 0 unspecified atom stereocenters. The zero-order chi connectivity index (χ0) is 27.1. The quantitative estimate of drug-likeness (QED) is 0.251. The molecule has 0 fully saturated rings. The molecule has 0 radical (unpaired) electrons. The molecule has 1 aromatic heterocycles. The number of nitrogens with zero attached hydrogens (tertiary/aromatic N) is 2. The Kier molecular flexibility index (Phi) is 4.44. The van der Waals surface area contributed by atoms with E-state index in [-0.39, 0.29) is 6.71 Å². The summed E-state index contributed by atoms with van der Waals surface area (Å²) in [5.74, 6) is 0. The largest absolute Gasteiger partial charge is 0.310 e. The predicted octanol–water partition coefficient (Wildman–Crippen LogP) is 6.18. The van der Waals surface area contributed by atoms with E-state index in [1.165, 1.54) is 60.6 Å². The standard InChI is InChI=1S/C38H23BN2/c40-24-25-21-22-28-29-15-9-19-33-37(29)41(35(28)23-25)34-20-10-17-31-36(34)39(33)32-18-8-7-16-30(32)38(31,26-11-3-1-4-12-26)27-13-5-2-6-14-27/h1-23H. The van der Waals surface area contributed by atoms with Crippen LogP contribution in [0.5, 0.6) is 0 Å². The van der Waals surface area contributed by atoms with Gasteiger partial charge in [-0.05, 0) is 51.4 Å². The van der Waals surface area contributed by atoms with Gasteiger partial charge in [-0.25, -0.2) is 0 Å². The number of benzene rings is 6. The van der Waals surface area contributed by atoms with Crippen molar-refractivity contribution in [3.05, 3.63) is 167 Å². The van der Waals surface area contributed by atoms with Gasteiger partial charge in [0.2, 0.25) is 6.71 Å². The van der Waals surface area contributed by atoms with Crippen LogP contribution in [0.2, 0.25) is 0 Å². The zero-order valence-corrected chi connectivity index (χ0v) is 22.3. The first kappa shape index (κ1) is 22.5. The van der Waals surface area contributed by atoms with Crippen LogP contribution in [0, 0.1) is 11.3 Å². The Morgan fingerprint density at radius 2 is 1.24 bits per heavy atom. The second-order valence-corrected chi connectivity index (χ2v) is 11.2. The Morgan fingerprint density at radius 3 is 2.00 bits per heavy atom. The van der Waals surface area contributed by atoms with Crippen molar-refractivity contribution in [3.8, 4) is 11.8 Å². The van der Waals surface area contributed by atoms with Crippen LogP contribution in [0.4, 0.5) is 0 Å². The highest BCUT2D eigenvalue weighted by Crippen LogP contribution is 2.47. The van der Waals surface area contributed by atoms with Gasteiger partial charge in [-0.2, -0.15) is 5.26 Å². The highest BCUT2D eigenvalue weighted by molar-refractivity contribution is 6.99. The van der Waals surface area contributed by atoms with Gasteiger partial charge in [0.05, 0.1) is 22.6 Å². The third kappa shape index (κ3) is 2.72. The average Bonchev–Trinajstić information content (AvgIpc) is 3.38. The normalized spacial score (nSPS) is 14.0. The first-order chi connectivity index (χ1) is 20.3. The zero-order valence-electron chi connectivity index (χ0n) is 22.3. The van der Waals surface area contributed by atoms with Gasteiger partial charge >= 0.3 is 0 Å². The number of aromatic nitrogens is 1. The third-order valence-electron chi connectivity index (χ3n) is 9.37. The lowest BCUT2D eigenvalue weighted by Crippen LogP contribution is -2.64. The first-order valence-electron chi connectivity index (χ1n) is 14.1. The minimum absolute atomic E-state index is 0.105. The molecule has 0 N–H and O–H groups in total. The van der Waals surface area contributed by atoms with E-state index in [1.54, 1.807) is 0 Å². The fourth-order valence-corrected chi connectivity index (χ4v) is 7.90. The summed E-state index contributed by atoms with van der Waals surface area (Å²) in [6.07, 6.45) is 0. The van der Waals surface area contributed by atoms with Crippen molar-refractivity contribution in [2.45, 2.75) is 5.41 Å². The lowest BCUT2D eigenvalue weighted by atomic mass is 9.29. The van der Waals surface area contributed by atoms with Crippen molar-refractivity contribution >= 4 is 44.9 Å². The van der Waals surface area contributed by atoms with Gasteiger partial charge in [-0.1, -0.05) is 127 Å². The summed E-state index contributed by atoms with van der Waals surface area (Å²) in [5.41, 5.74) is 12.9. The van der Waals surface area contributed by atoms with Crippen LogP contribution in [-0.2, 0) is 5.41 Å². The summed E-state index contributed by atoms with van der Waals surface area (Å²) < 4.78 is 2.42. The summed E-state index contributed by atoms with van der Waals surface area (Å²) in [7, 11) is 0. The molecule has 0 aliphatic carbocycles. The molecule has 9 rings (SSSR count). The molecule has 188 valence electrons. The number of fused-ring (bicyclic) bond motifs is 7. The summed E-state index contributed by atoms with van der Waals surface area (Å²) in [5, 5.41) is 12.2. The fourth-order valence-electron chi connectivity index (χ4n) is 7.90. The molecular weight excluding hydrogens is 495 g/mol. The molecule has 0 spiro atoms. The maximum Gasteiger partial charge on any atom is 0.247 e. The van der Waals surface area contributed by atoms with Gasteiger partial charge in [-0.15, -0.1) is 0 Å². The maximum absolute atomic E-state index is 9.80. The average molecular weight is 518 g/mol. The SMILES string of the molecule is N#Cc1ccc2c3cccc4c3n(c2c1)-c1cccc2c1B4c1ccccc1C2(c1ccccc1)c1ccccc1. The van der Waals surface area contributed by atoms with E-state index in [0.717, 1.165) is 5.52 Å². The molecule has 0 bridgehead atoms. The molecule has 3 heteroatoms. The molecule has 0 saturated carbocycles. The minimum atomic E-state index is -0.479. The van der Waals surface area contributed by atoms with E-state index in [2.05, 4.69) is 144 Å². The van der Waals surface area contributed by atoms with Crippen LogP contribution < -0.4 is 16.4 Å². The van der Waals surface area contributed by atoms with Crippen molar-refractivity contribution in [1.29, 1.82) is 5.26 Å². The molecule has 6 aromatic carbocycles. The van der Waals surface area contributed by atoms with E-state index in [9.17, 15) is 5.26 Å². The Hall–Kier alpha value is -5.33. The van der Waals surface area contributed by atoms with E-state index in [0.29, 0.717) is 5.56 Å². The fraction of sp³-hybridized carbons (Fsp3) is 0.0263. The number of hydrogen-bond donors (Lipinski definition) is 0. The summed E-state index contributed by atoms with van der Waals surface area (Å²) in [4.78, 5) is 0. The Morgan fingerprint density at radius 1 is 0.585 bits per heavy atom. The van der Waals surface area contributed by atoms with Crippen molar-refractivity contribution in [2.75, 3.05) is 0 Å². The third-order valence-corrected chi connectivity index (χ3v) is 9.37. The van der Waals surface area contributed by atoms with E-state index < -0.39 is 5.41 Å². The number of nitriles is 1. The lowest BCUT2D eigenvalue weighted by Gasteiger charge is -2.46. The molecule has 2 aliphatic heterocycles. The number of hydrogen-bond acceptors (Lipinski definition) is 1. The highest BCUT2D eigenvalue weighted by atomic mass is 15.0. The van der Waals surface area contributed by atoms with Crippen molar-refractivity contribution in [1.82, 2.24) is 4.57 Å². The van der Waals surface area contributed by atoms with Gasteiger partial charge in [-0.3, -0.25) is 0 Å². The van der Waals surface area contributed by atoms with Crippen molar-refractivity contribution < 1.29 is 0 Å². The van der Waals surface area contributed by atoms with Crippen LogP contribution in [0.1, 0.15) is 27.8 Å². The smallest absolute Gasteiger partial charge is 0.247 e. The molecule has 2 aliphatic rings. The molecule has 0 atom stereocenters. The van der Waals surface area contributed by atoms with Crippen molar-refractivity contribution in [3.63, 3.8) is 0 Å². The highest BCUT2D eigenvalue weighted by Gasteiger charge is 2.50. The van der Waals surface area contributed by atoms with E-state index >= 15 is 0 Å². The summed E-state index contributed by atoms with van der Waals surface area (Å²) in [6, 6.07) is 53.1. The molecular formula is C38H23BN2. The van der Waals surface area contributed by atoms with E-state index in [4.69, 9.17) is 0 Å². The Bertz CT molecular complexity index is 2180. The minimum Gasteiger partial charge on any atom is -0.310 e. The van der Waals surface area contributed by atoms with Crippen LogP contribution >= 0.6 is 0 Å². The van der Waals surface area contributed by atoms with Crippen molar-refractivity contribution in [2.24, 2.45) is 0 Å². The van der Waals surface area contributed by atoms with Gasteiger partial charge in [0.15, 0.2) is 0 Å². The van der Waals surface area contributed by atoms with Gasteiger partial charge in [0.25, 0.3) is 0 Å². The number of rotatable bonds is 2. The van der Waals surface area contributed by atoms with Gasteiger partial charge in [0.1, 0.15) is 0 Å². The predicted molar refractivity (Wildman–Crippen MR) is 168 cm³/mol. The van der Waals surface area contributed by atoms with Gasteiger partial charge in [0, 0.05) is 22.0 Å². The molecule has 3 heterocycles. The molecule has 7 aromatic rings. The second kappa shape index (κ2) is 8.10.